The Morgan fingerprint density at radius 1 is 0.392 bits per heavy atom. The van der Waals surface area contributed by atoms with Crippen LogP contribution in [0.5, 0.6) is 0 Å². The van der Waals surface area contributed by atoms with Crippen molar-refractivity contribution in [1.82, 2.24) is 15.0 Å². The van der Waals surface area contributed by atoms with Gasteiger partial charge in [0.2, 0.25) is 0 Å². The summed E-state index contributed by atoms with van der Waals surface area (Å²) < 4.78 is 0. The van der Waals surface area contributed by atoms with Gasteiger partial charge in [0.1, 0.15) is 15.7 Å². The molecule has 9 nitrogen and oxygen atoms in total. The highest BCUT2D eigenvalue weighted by molar-refractivity contribution is 8.01. The molecule has 0 saturated carbocycles. The van der Waals surface area contributed by atoms with Crippen molar-refractivity contribution in [3.8, 4) is 0 Å². The van der Waals surface area contributed by atoms with Crippen LogP contribution in [-0.2, 0) is 14.4 Å². The summed E-state index contributed by atoms with van der Waals surface area (Å²) in [6, 6.07) is 0. The normalized spacial score (nSPS) is 13.2. The second-order valence-corrected chi connectivity index (χ2v) is 17.3. The van der Waals surface area contributed by atoms with Crippen molar-refractivity contribution in [3.63, 3.8) is 0 Å². The third-order valence-corrected chi connectivity index (χ3v) is 12.4. The van der Waals surface area contributed by atoms with Crippen LogP contribution in [-0.4, -0.2) is 63.9 Å². The fourth-order valence-corrected chi connectivity index (χ4v) is 8.88. The first-order valence-corrected chi connectivity index (χ1v) is 22.8. The van der Waals surface area contributed by atoms with Gasteiger partial charge in [-0.05, 0) is 19.3 Å². The first-order chi connectivity index (χ1) is 24.7. The minimum Gasteiger partial charge on any atom is -0.480 e. The average Bonchev–Trinajstić information content (AvgIpc) is 3.09. The number of aliphatic carboxylic acids is 3. The molecule has 1 aromatic heterocycles. The number of hydrogen-bond donors (Lipinski definition) is 3. The number of carbonyl (C=O) groups is 3. The van der Waals surface area contributed by atoms with E-state index in [1.54, 1.807) is 0 Å². The van der Waals surface area contributed by atoms with Crippen LogP contribution in [0.4, 0.5) is 0 Å². The molecule has 0 aromatic carbocycles. The predicted molar refractivity (Wildman–Crippen MR) is 213 cm³/mol. The third-order valence-electron chi connectivity index (χ3n) is 9.10. The summed E-state index contributed by atoms with van der Waals surface area (Å²) in [6.07, 6.45) is 28.1. The molecule has 3 N–H and O–H groups in total. The quantitative estimate of drug-likeness (QED) is 0.0440. The van der Waals surface area contributed by atoms with Crippen LogP contribution in [0.2, 0.25) is 0 Å². The molecule has 3 unspecified atom stereocenters. The maximum Gasteiger partial charge on any atom is 0.317 e. The monoisotopic (exact) mass is 771 g/mol. The minimum absolute atomic E-state index is 0.203. The molecule has 0 fully saturated rings. The van der Waals surface area contributed by atoms with Crippen molar-refractivity contribution in [2.24, 2.45) is 0 Å². The number of hydrogen-bond acceptors (Lipinski definition) is 9. The maximum atomic E-state index is 12.3. The number of rotatable bonds is 36. The molecule has 0 spiro atoms. The molecule has 0 bridgehead atoms. The highest BCUT2D eigenvalue weighted by Crippen LogP contribution is 2.33. The SMILES string of the molecule is CCCCCCCCCCC(Sc1nc(SC(CCCCCCCCCC)C(=O)O)nc(SC(CCCCCCCCCC)C(=O)O)n1)C(=O)O. The van der Waals surface area contributed by atoms with E-state index in [0.717, 1.165) is 112 Å². The van der Waals surface area contributed by atoms with Gasteiger partial charge < -0.3 is 15.3 Å². The number of nitrogens with zero attached hydrogens (tertiary/aromatic N) is 3. The van der Waals surface area contributed by atoms with Gasteiger partial charge in [0.25, 0.3) is 0 Å². The Morgan fingerprint density at radius 2 is 0.588 bits per heavy atom. The van der Waals surface area contributed by atoms with Crippen molar-refractivity contribution in [2.45, 2.75) is 225 Å². The molecule has 294 valence electrons. The fourth-order valence-electron chi connectivity index (χ4n) is 5.95. The van der Waals surface area contributed by atoms with Gasteiger partial charge in [-0.15, -0.1) is 0 Å². The second-order valence-electron chi connectivity index (χ2n) is 13.8. The Labute approximate surface area is 321 Å². The maximum absolute atomic E-state index is 12.3. The highest BCUT2D eigenvalue weighted by atomic mass is 32.2. The molecule has 12 heteroatoms. The van der Waals surface area contributed by atoms with E-state index in [-0.39, 0.29) is 15.5 Å². The van der Waals surface area contributed by atoms with E-state index in [1.165, 1.54) is 77.0 Å². The van der Waals surface area contributed by atoms with Crippen LogP contribution >= 0.6 is 35.3 Å². The molecule has 0 amide bonds. The summed E-state index contributed by atoms with van der Waals surface area (Å²) in [4.78, 5) is 50.4. The van der Waals surface area contributed by atoms with Gasteiger partial charge in [-0.2, -0.15) is 15.0 Å². The molecule has 51 heavy (non-hydrogen) atoms. The number of carboxylic acids is 3. The van der Waals surface area contributed by atoms with Gasteiger partial charge in [-0.1, -0.05) is 210 Å². The summed E-state index contributed by atoms with van der Waals surface area (Å²) in [5.41, 5.74) is 0. The van der Waals surface area contributed by atoms with Crippen LogP contribution < -0.4 is 0 Å². The van der Waals surface area contributed by atoms with Crippen LogP contribution in [0.25, 0.3) is 0 Å². The van der Waals surface area contributed by atoms with Crippen molar-refractivity contribution in [2.75, 3.05) is 0 Å². The molecular formula is C39H69N3O6S3. The van der Waals surface area contributed by atoms with Crippen molar-refractivity contribution < 1.29 is 29.7 Å². The molecule has 0 aliphatic rings. The van der Waals surface area contributed by atoms with Crippen LogP contribution in [0.3, 0.4) is 0 Å². The van der Waals surface area contributed by atoms with Gasteiger partial charge in [-0.3, -0.25) is 14.4 Å². The Bertz CT molecular complexity index is 926. The standard InChI is InChI=1S/C39H69N3O6S3/c1-4-7-10-13-16-19-22-25-28-31(34(43)44)49-37-40-38(50-32(35(45)46)29-26-23-20-17-14-11-8-5-2)42-39(41-37)51-33(36(47)48)30-27-24-21-18-15-12-9-6-3/h31-33H,4-30H2,1-3H3,(H,43,44)(H,45,46)(H,47,48). The summed E-state index contributed by atoms with van der Waals surface area (Å²) >= 11 is 3.16. The van der Waals surface area contributed by atoms with Crippen molar-refractivity contribution in [1.29, 1.82) is 0 Å². The lowest BCUT2D eigenvalue weighted by Gasteiger charge is -2.15. The van der Waals surface area contributed by atoms with Gasteiger partial charge >= 0.3 is 17.9 Å². The van der Waals surface area contributed by atoms with Crippen molar-refractivity contribution >= 4 is 53.2 Å². The van der Waals surface area contributed by atoms with Gasteiger partial charge in [-0.25, -0.2) is 0 Å². The first kappa shape index (κ1) is 47.5. The Morgan fingerprint density at radius 3 is 0.784 bits per heavy atom. The van der Waals surface area contributed by atoms with E-state index in [1.807, 2.05) is 0 Å². The zero-order valence-corrected chi connectivity index (χ0v) is 34.4. The van der Waals surface area contributed by atoms with Gasteiger partial charge in [0.15, 0.2) is 15.5 Å². The van der Waals surface area contributed by atoms with Gasteiger partial charge in [0.05, 0.1) is 0 Å². The molecule has 1 rings (SSSR count). The lowest BCUT2D eigenvalue weighted by atomic mass is 10.1. The van der Waals surface area contributed by atoms with E-state index in [0.29, 0.717) is 19.3 Å². The first-order valence-electron chi connectivity index (χ1n) is 20.2. The second kappa shape index (κ2) is 31.9. The molecule has 0 aliphatic carbocycles. The number of unbranched alkanes of at least 4 members (excludes halogenated alkanes) is 21. The summed E-state index contributed by atoms with van der Waals surface area (Å²) in [6.45, 7) is 6.60. The molecular weight excluding hydrogens is 703 g/mol. The van der Waals surface area contributed by atoms with Crippen molar-refractivity contribution in [3.05, 3.63) is 0 Å². The van der Waals surface area contributed by atoms with Crippen LogP contribution in [0.1, 0.15) is 194 Å². The van der Waals surface area contributed by atoms with E-state index >= 15 is 0 Å². The van der Waals surface area contributed by atoms with Crippen LogP contribution in [0.15, 0.2) is 15.5 Å². The number of carboxylic acid groups (broad SMARTS) is 3. The molecule has 1 aromatic rings. The van der Waals surface area contributed by atoms with E-state index in [2.05, 4.69) is 35.7 Å². The molecule has 0 aliphatic heterocycles. The molecule has 3 atom stereocenters. The minimum atomic E-state index is -0.942. The summed E-state index contributed by atoms with van der Waals surface area (Å²) in [7, 11) is 0. The Hall–Kier alpha value is -1.53. The summed E-state index contributed by atoms with van der Waals surface area (Å²) in [5.74, 6) is -2.83. The fraction of sp³-hybridized carbons (Fsp3) is 0.846. The summed E-state index contributed by atoms with van der Waals surface area (Å²) in [5, 5.41) is 28.5. The lowest BCUT2D eigenvalue weighted by Crippen LogP contribution is -2.19. The smallest absolute Gasteiger partial charge is 0.317 e. The average molecular weight is 772 g/mol. The van der Waals surface area contributed by atoms with E-state index < -0.39 is 33.7 Å². The largest absolute Gasteiger partial charge is 0.480 e. The zero-order chi connectivity index (χ0) is 37.5. The van der Waals surface area contributed by atoms with E-state index in [9.17, 15) is 29.7 Å². The predicted octanol–water partition coefficient (Wildman–Crippen LogP) is 12.1. The molecule has 0 radical (unpaired) electrons. The number of aromatic nitrogens is 3. The highest BCUT2D eigenvalue weighted by Gasteiger charge is 2.26. The zero-order valence-electron chi connectivity index (χ0n) is 32.0. The third kappa shape index (κ3) is 25.2. The molecule has 0 saturated heterocycles. The molecule has 1 heterocycles. The lowest BCUT2D eigenvalue weighted by molar-refractivity contribution is -0.137. The number of thioether (sulfide) groups is 3. The Balaban J connectivity index is 3.00. The topological polar surface area (TPSA) is 151 Å². The van der Waals surface area contributed by atoms with Gasteiger partial charge in [0, 0.05) is 0 Å². The van der Waals surface area contributed by atoms with E-state index in [4.69, 9.17) is 0 Å². The van der Waals surface area contributed by atoms with Crippen LogP contribution in [0, 0.1) is 0 Å². The Kier molecular flexibility index (Phi) is 29.7.